The number of rotatable bonds is 2. The van der Waals surface area contributed by atoms with Crippen LogP contribution in [0, 0.1) is 13.8 Å². The Morgan fingerprint density at radius 1 is 0.559 bits per heavy atom. The zero-order valence-electron chi connectivity index (χ0n) is 20.1. The molecule has 4 aromatic carbocycles. The first-order valence-electron chi connectivity index (χ1n) is 11.9. The van der Waals surface area contributed by atoms with E-state index in [0.29, 0.717) is 0 Å². The maximum atomic E-state index is 7.75. The van der Waals surface area contributed by atoms with Gasteiger partial charge >= 0.3 is 197 Å². The first-order valence-corrected chi connectivity index (χ1v) is 27.3. The second-order valence-corrected chi connectivity index (χ2v) is 31.4. The van der Waals surface area contributed by atoms with Crippen LogP contribution in [0.25, 0.3) is 22.3 Å². The molecule has 4 heteroatoms. The van der Waals surface area contributed by atoms with Crippen LogP contribution in [0.1, 0.15) is 40.7 Å². The summed E-state index contributed by atoms with van der Waals surface area (Å²) in [7, 11) is 16.3. The first-order chi connectivity index (χ1) is 16.4. The van der Waals surface area contributed by atoms with Gasteiger partial charge in [-0.3, -0.25) is 0 Å². The average molecular weight is 667 g/mol. The van der Waals surface area contributed by atoms with Gasteiger partial charge in [0.15, 0.2) is 0 Å². The van der Waals surface area contributed by atoms with Gasteiger partial charge in [0.25, 0.3) is 0 Å². The topological polar surface area (TPSA) is 0 Å². The van der Waals surface area contributed by atoms with Crippen LogP contribution < -0.4 is 0 Å². The van der Waals surface area contributed by atoms with Crippen LogP contribution in [-0.4, -0.2) is 9.52 Å². The van der Waals surface area contributed by atoms with Gasteiger partial charge in [0, 0.05) is 9.52 Å². The SMILES string of the molecule is C[SiH]C.Cc1ccc2c(c1)[CH]([Hf]([Cl])([Cl])[CH]1c3ccccc3-c3ccc(C)cc31)c1ccccc1-2. The number of fused-ring (bicyclic) bond motifs is 6. The van der Waals surface area contributed by atoms with Crippen molar-refractivity contribution in [2.24, 2.45) is 0 Å². The second kappa shape index (κ2) is 9.54. The number of halogens is 2. The summed E-state index contributed by atoms with van der Waals surface area (Å²) in [5.74, 6) is 0. The molecule has 0 aliphatic heterocycles. The van der Waals surface area contributed by atoms with E-state index < -0.39 is 17.6 Å². The summed E-state index contributed by atoms with van der Waals surface area (Å²) in [5.41, 5.74) is 13.0. The van der Waals surface area contributed by atoms with E-state index in [1.54, 1.807) is 0 Å². The fourth-order valence-electron chi connectivity index (χ4n) is 5.65. The number of benzene rings is 4. The molecule has 2 unspecified atom stereocenters. The third kappa shape index (κ3) is 3.91. The van der Waals surface area contributed by atoms with Gasteiger partial charge in [-0.05, 0) is 0 Å². The van der Waals surface area contributed by atoms with Gasteiger partial charge in [0.2, 0.25) is 0 Å². The van der Waals surface area contributed by atoms with Crippen LogP contribution in [-0.2, 0) is 17.6 Å². The van der Waals surface area contributed by atoms with Gasteiger partial charge in [-0.25, -0.2) is 0 Å². The summed E-state index contributed by atoms with van der Waals surface area (Å²) in [6, 6.07) is 31.0. The molecule has 0 fully saturated rings. The van der Waals surface area contributed by atoms with Crippen molar-refractivity contribution in [2.75, 3.05) is 0 Å². The summed E-state index contributed by atoms with van der Waals surface area (Å²) in [4.78, 5) is 0. The molecule has 34 heavy (non-hydrogen) atoms. The van der Waals surface area contributed by atoms with Gasteiger partial charge in [-0.2, -0.15) is 0 Å². The molecule has 2 aliphatic rings. The van der Waals surface area contributed by atoms with E-state index in [9.17, 15) is 0 Å². The van der Waals surface area contributed by atoms with Crippen LogP contribution in [0.4, 0.5) is 0 Å². The van der Waals surface area contributed by atoms with E-state index in [4.69, 9.17) is 17.2 Å². The van der Waals surface area contributed by atoms with Crippen LogP contribution >= 0.6 is 17.2 Å². The minimum atomic E-state index is -4.09. The Morgan fingerprint density at radius 3 is 1.32 bits per heavy atom. The molecule has 0 heterocycles. The molecule has 171 valence electrons. The van der Waals surface area contributed by atoms with Crippen molar-refractivity contribution in [3.63, 3.8) is 0 Å². The Bertz CT molecular complexity index is 1280. The molecule has 4 aromatic rings. The van der Waals surface area contributed by atoms with Crippen molar-refractivity contribution >= 4 is 26.7 Å². The van der Waals surface area contributed by atoms with Crippen molar-refractivity contribution in [3.05, 3.63) is 118 Å². The van der Waals surface area contributed by atoms with Gasteiger partial charge in [0.05, 0.1) is 0 Å². The Balaban J connectivity index is 0.000000764. The molecular formula is C30H29Cl2HfSi. The normalized spacial score (nSPS) is 17.2. The summed E-state index contributed by atoms with van der Waals surface area (Å²) >= 11 is -4.09. The Morgan fingerprint density at radius 2 is 0.912 bits per heavy atom. The monoisotopic (exact) mass is 667 g/mol. The number of aryl methyl sites for hydroxylation is 2. The Hall–Kier alpha value is -1.45. The zero-order valence-corrected chi connectivity index (χ0v) is 26.3. The van der Waals surface area contributed by atoms with E-state index >= 15 is 0 Å². The molecule has 0 saturated carbocycles. The van der Waals surface area contributed by atoms with Crippen LogP contribution in [0.15, 0.2) is 84.9 Å². The van der Waals surface area contributed by atoms with Gasteiger partial charge in [-0.15, -0.1) is 0 Å². The van der Waals surface area contributed by atoms with Gasteiger partial charge in [0.1, 0.15) is 0 Å². The molecule has 6 rings (SSSR count). The molecule has 0 nitrogen and oxygen atoms in total. The number of hydrogen-bond donors (Lipinski definition) is 0. The van der Waals surface area contributed by atoms with Gasteiger partial charge in [-0.1, -0.05) is 13.1 Å². The predicted octanol–water partition coefficient (Wildman–Crippen LogP) is 9.12. The predicted molar refractivity (Wildman–Crippen MR) is 147 cm³/mol. The summed E-state index contributed by atoms with van der Waals surface area (Å²) < 4.78 is 0.234. The maximum absolute atomic E-state index is 7.75. The Labute approximate surface area is 217 Å². The fourth-order valence-corrected chi connectivity index (χ4v) is 24.0. The molecule has 0 N–H and O–H groups in total. The molecule has 1 radical (unpaired) electrons. The van der Waals surface area contributed by atoms with Gasteiger partial charge < -0.3 is 0 Å². The van der Waals surface area contributed by atoms with Crippen molar-refractivity contribution in [3.8, 4) is 22.3 Å². The fraction of sp³-hybridized carbons (Fsp3) is 0.200. The van der Waals surface area contributed by atoms with Crippen molar-refractivity contribution in [1.29, 1.82) is 0 Å². The summed E-state index contributed by atoms with van der Waals surface area (Å²) in [6.07, 6.45) is 0. The Kier molecular flexibility index (Phi) is 6.80. The molecule has 0 amide bonds. The average Bonchev–Trinajstić information content (AvgIpc) is 3.32. The summed E-state index contributed by atoms with van der Waals surface area (Å²) in [5, 5.41) is 0. The first kappa shape index (κ1) is 24.3. The van der Waals surface area contributed by atoms with E-state index in [2.05, 4.69) is 112 Å². The number of hydrogen-bond acceptors (Lipinski definition) is 0. The molecule has 0 spiro atoms. The minimum absolute atomic E-state index is 0.117. The molecule has 0 bridgehead atoms. The quantitative estimate of drug-likeness (QED) is 0.187. The molecular weight excluding hydrogens is 638 g/mol. The zero-order chi connectivity index (χ0) is 24.0. The second-order valence-electron chi connectivity index (χ2n) is 9.47. The molecule has 2 aliphatic carbocycles. The third-order valence-corrected chi connectivity index (χ3v) is 24.1. The van der Waals surface area contributed by atoms with Crippen molar-refractivity contribution in [2.45, 2.75) is 34.3 Å². The summed E-state index contributed by atoms with van der Waals surface area (Å²) in [6.45, 7) is 8.73. The van der Waals surface area contributed by atoms with E-state index in [1.165, 1.54) is 55.6 Å². The van der Waals surface area contributed by atoms with E-state index in [1.807, 2.05) is 0 Å². The molecule has 2 atom stereocenters. The van der Waals surface area contributed by atoms with Crippen LogP contribution in [0.5, 0.6) is 0 Å². The van der Waals surface area contributed by atoms with Crippen LogP contribution in [0.2, 0.25) is 13.1 Å². The van der Waals surface area contributed by atoms with Crippen molar-refractivity contribution < 1.29 is 17.6 Å². The van der Waals surface area contributed by atoms with Crippen molar-refractivity contribution in [1.82, 2.24) is 0 Å². The standard InChI is InChI=1S/2C14H11.C2H7Si.2ClH.Hf/c2*1-10-6-7-14-12(8-10)9-11-4-2-3-5-13(11)14;1-3-2;;;/h2*2-9H,1H3;3H,1-2H3;2*1H;/q;;;;;+2/p-2. The molecule has 0 aromatic heterocycles. The van der Waals surface area contributed by atoms with E-state index in [0.717, 1.165) is 9.52 Å². The van der Waals surface area contributed by atoms with E-state index in [-0.39, 0.29) is 7.35 Å². The molecule has 0 saturated heterocycles. The van der Waals surface area contributed by atoms with Crippen LogP contribution in [0.3, 0.4) is 0 Å². The third-order valence-electron chi connectivity index (χ3n) is 6.93.